The van der Waals surface area contributed by atoms with Crippen LogP contribution in [0.3, 0.4) is 0 Å². The SMILES string of the molecule is CC1(C)CCCN(CC2CCCCC2CN)CC1. The Morgan fingerprint density at radius 1 is 1.00 bits per heavy atom. The lowest BCUT2D eigenvalue weighted by atomic mass is 9.79. The van der Waals surface area contributed by atoms with Crippen LogP contribution in [0.4, 0.5) is 0 Å². The Kier molecular flexibility index (Phi) is 5.08. The molecule has 2 fully saturated rings. The molecule has 2 heteroatoms. The molecule has 1 saturated carbocycles. The first-order valence-electron chi connectivity index (χ1n) is 8.03. The summed E-state index contributed by atoms with van der Waals surface area (Å²) >= 11 is 0. The van der Waals surface area contributed by atoms with E-state index in [4.69, 9.17) is 5.73 Å². The van der Waals surface area contributed by atoms with Gasteiger partial charge in [0.1, 0.15) is 0 Å². The quantitative estimate of drug-likeness (QED) is 0.835. The molecule has 0 aromatic carbocycles. The zero-order valence-corrected chi connectivity index (χ0v) is 12.5. The van der Waals surface area contributed by atoms with Gasteiger partial charge in [-0.25, -0.2) is 0 Å². The molecule has 0 amide bonds. The monoisotopic (exact) mass is 252 g/mol. The van der Waals surface area contributed by atoms with E-state index < -0.39 is 0 Å². The van der Waals surface area contributed by atoms with Crippen molar-refractivity contribution in [3.8, 4) is 0 Å². The highest BCUT2D eigenvalue weighted by Gasteiger charge is 2.28. The molecule has 1 aliphatic heterocycles. The average molecular weight is 252 g/mol. The summed E-state index contributed by atoms with van der Waals surface area (Å²) in [6.45, 7) is 9.71. The minimum Gasteiger partial charge on any atom is -0.330 e. The van der Waals surface area contributed by atoms with Gasteiger partial charge < -0.3 is 10.6 Å². The lowest BCUT2D eigenvalue weighted by Crippen LogP contribution is -2.37. The standard InChI is InChI=1S/C16H32N2/c1-16(2)8-5-10-18(11-9-16)13-15-7-4-3-6-14(15)12-17/h14-15H,3-13,17H2,1-2H3. The molecule has 2 N–H and O–H groups in total. The maximum absolute atomic E-state index is 5.95. The zero-order valence-electron chi connectivity index (χ0n) is 12.5. The van der Waals surface area contributed by atoms with Crippen molar-refractivity contribution in [2.45, 2.75) is 58.8 Å². The van der Waals surface area contributed by atoms with E-state index in [0.717, 1.165) is 18.4 Å². The average Bonchev–Trinajstić information content (AvgIpc) is 2.52. The van der Waals surface area contributed by atoms with Crippen molar-refractivity contribution in [3.05, 3.63) is 0 Å². The van der Waals surface area contributed by atoms with Crippen molar-refractivity contribution in [2.24, 2.45) is 23.0 Å². The molecule has 1 aliphatic carbocycles. The molecular formula is C16H32N2. The van der Waals surface area contributed by atoms with Gasteiger partial charge >= 0.3 is 0 Å². The van der Waals surface area contributed by atoms with Gasteiger partial charge in [-0.15, -0.1) is 0 Å². The van der Waals surface area contributed by atoms with Crippen LogP contribution in [0.15, 0.2) is 0 Å². The maximum Gasteiger partial charge on any atom is 0.00128 e. The summed E-state index contributed by atoms with van der Waals surface area (Å²) in [7, 11) is 0. The van der Waals surface area contributed by atoms with E-state index >= 15 is 0 Å². The molecule has 2 unspecified atom stereocenters. The Hall–Kier alpha value is -0.0800. The molecule has 106 valence electrons. The van der Waals surface area contributed by atoms with Gasteiger partial charge in [0.25, 0.3) is 0 Å². The molecule has 1 saturated heterocycles. The Morgan fingerprint density at radius 2 is 1.72 bits per heavy atom. The van der Waals surface area contributed by atoms with E-state index in [0.29, 0.717) is 5.41 Å². The summed E-state index contributed by atoms with van der Waals surface area (Å²) in [5.74, 6) is 1.68. The van der Waals surface area contributed by atoms with Crippen molar-refractivity contribution < 1.29 is 0 Å². The number of rotatable bonds is 3. The Bertz CT molecular complexity index is 249. The number of nitrogens with zero attached hydrogens (tertiary/aromatic N) is 1. The minimum absolute atomic E-state index is 0.564. The van der Waals surface area contributed by atoms with Crippen LogP contribution in [0.5, 0.6) is 0 Å². The van der Waals surface area contributed by atoms with Crippen LogP contribution in [0, 0.1) is 17.3 Å². The van der Waals surface area contributed by atoms with Crippen molar-refractivity contribution in [1.29, 1.82) is 0 Å². The fourth-order valence-corrected chi connectivity index (χ4v) is 3.83. The first-order chi connectivity index (χ1) is 8.61. The summed E-state index contributed by atoms with van der Waals surface area (Å²) in [6, 6.07) is 0. The highest BCUT2D eigenvalue weighted by Crippen LogP contribution is 2.33. The first-order valence-corrected chi connectivity index (χ1v) is 8.03. The first kappa shape index (κ1) is 14.3. The summed E-state index contributed by atoms with van der Waals surface area (Å²) in [4.78, 5) is 2.73. The molecular weight excluding hydrogens is 220 g/mol. The second-order valence-corrected chi connectivity index (χ2v) is 7.36. The molecule has 1 heterocycles. The molecule has 18 heavy (non-hydrogen) atoms. The van der Waals surface area contributed by atoms with Gasteiger partial charge in [0.05, 0.1) is 0 Å². The second kappa shape index (κ2) is 6.38. The predicted octanol–water partition coefficient (Wildman–Crippen LogP) is 3.26. The van der Waals surface area contributed by atoms with Gasteiger partial charge in [-0.05, 0) is 69.0 Å². The van der Waals surface area contributed by atoms with Gasteiger partial charge in [0.2, 0.25) is 0 Å². The third kappa shape index (κ3) is 3.96. The molecule has 0 aromatic heterocycles. The number of likely N-dealkylation sites (tertiary alicyclic amines) is 1. The third-order valence-electron chi connectivity index (χ3n) is 5.29. The van der Waals surface area contributed by atoms with E-state index in [1.165, 1.54) is 64.6 Å². The van der Waals surface area contributed by atoms with Gasteiger partial charge in [0.15, 0.2) is 0 Å². The number of hydrogen-bond acceptors (Lipinski definition) is 2. The number of nitrogens with two attached hydrogens (primary N) is 1. The summed E-state index contributed by atoms with van der Waals surface area (Å²) < 4.78 is 0. The van der Waals surface area contributed by atoms with Crippen LogP contribution in [0.2, 0.25) is 0 Å². The maximum atomic E-state index is 5.95. The van der Waals surface area contributed by atoms with E-state index in [9.17, 15) is 0 Å². The van der Waals surface area contributed by atoms with Crippen molar-refractivity contribution >= 4 is 0 Å². The summed E-state index contributed by atoms with van der Waals surface area (Å²) in [6.07, 6.45) is 9.78. The molecule has 0 bridgehead atoms. The fraction of sp³-hybridized carbons (Fsp3) is 1.00. The molecule has 0 spiro atoms. The van der Waals surface area contributed by atoms with E-state index in [1.54, 1.807) is 0 Å². The molecule has 0 aromatic rings. The van der Waals surface area contributed by atoms with E-state index in [2.05, 4.69) is 18.7 Å². The van der Waals surface area contributed by atoms with Crippen molar-refractivity contribution in [3.63, 3.8) is 0 Å². The van der Waals surface area contributed by atoms with Gasteiger partial charge in [-0.1, -0.05) is 26.7 Å². The van der Waals surface area contributed by atoms with Crippen LogP contribution in [-0.4, -0.2) is 31.1 Å². The van der Waals surface area contributed by atoms with E-state index in [1.807, 2.05) is 0 Å². The highest BCUT2D eigenvalue weighted by atomic mass is 15.1. The normalized spacial score (nSPS) is 34.2. The molecule has 0 radical (unpaired) electrons. The Balaban J connectivity index is 1.84. The topological polar surface area (TPSA) is 29.3 Å². The van der Waals surface area contributed by atoms with Crippen LogP contribution in [-0.2, 0) is 0 Å². The van der Waals surface area contributed by atoms with Gasteiger partial charge in [-0.3, -0.25) is 0 Å². The minimum atomic E-state index is 0.564. The second-order valence-electron chi connectivity index (χ2n) is 7.36. The molecule has 2 rings (SSSR count). The lowest BCUT2D eigenvalue weighted by molar-refractivity contribution is 0.154. The molecule has 2 aliphatic rings. The lowest BCUT2D eigenvalue weighted by Gasteiger charge is -2.35. The molecule has 2 atom stereocenters. The van der Waals surface area contributed by atoms with Crippen LogP contribution in [0.25, 0.3) is 0 Å². The van der Waals surface area contributed by atoms with Crippen molar-refractivity contribution in [2.75, 3.05) is 26.2 Å². The van der Waals surface area contributed by atoms with Crippen LogP contribution < -0.4 is 5.73 Å². The molecule has 2 nitrogen and oxygen atoms in total. The van der Waals surface area contributed by atoms with Gasteiger partial charge in [-0.2, -0.15) is 0 Å². The van der Waals surface area contributed by atoms with E-state index in [-0.39, 0.29) is 0 Å². The van der Waals surface area contributed by atoms with Crippen LogP contribution >= 0.6 is 0 Å². The highest BCUT2D eigenvalue weighted by molar-refractivity contribution is 4.82. The third-order valence-corrected chi connectivity index (χ3v) is 5.29. The predicted molar refractivity (Wildman–Crippen MR) is 78.6 cm³/mol. The Morgan fingerprint density at radius 3 is 2.44 bits per heavy atom. The van der Waals surface area contributed by atoms with Crippen molar-refractivity contribution in [1.82, 2.24) is 4.90 Å². The van der Waals surface area contributed by atoms with Gasteiger partial charge in [0, 0.05) is 6.54 Å². The summed E-state index contributed by atoms with van der Waals surface area (Å²) in [5.41, 5.74) is 6.52. The van der Waals surface area contributed by atoms with Crippen LogP contribution in [0.1, 0.15) is 58.8 Å². The number of hydrogen-bond donors (Lipinski definition) is 1. The zero-order chi connectivity index (χ0) is 13.0. The smallest absolute Gasteiger partial charge is 0.00128 e. The fourth-order valence-electron chi connectivity index (χ4n) is 3.83. The summed E-state index contributed by atoms with van der Waals surface area (Å²) in [5, 5.41) is 0. The Labute approximate surface area is 113 Å². The largest absolute Gasteiger partial charge is 0.330 e.